The lowest BCUT2D eigenvalue weighted by Crippen LogP contribution is -2.18. The van der Waals surface area contributed by atoms with Crippen LogP contribution in [0.4, 0.5) is 5.69 Å². The Hall–Kier alpha value is -2.61. The third kappa shape index (κ3) is 4.95. The lowest BCUT2D eigenvalue weighted by molar-refractivity contribution is -0.116. The van der Waals surface area contributed by atoms with Crippen LogP contribution >= 0.6 is 11.8 Å². The van der Waals surface area contributed by atoms with Crippen molar-refractivity contribution in [3.63, 3.8) is 0 Å². The quantitative estimate of drug-likeness (QED) is 0.558. The van der Waals surface area contributed by atoms with Crippen molar-refractivity contribution in [3.05, 3.63) is 48.3 Å². The van der Waals surface area contributed by atoms with Crippen LogP contribution < -0.4 is 11.1 Å². The Balaban J connectivity index is 2.08. The van der Waals surface area contributed by atoms with Gasteiger partial charge in [-0.1, -0.05) is 30.0 Å². The molecule has 2 aromatic rings. The highest BCUT2D eigenvalue weighted by Crippen LogP contribution is 2.17. The Labute approximate surface area is 144 Å². The monoisotopic (exact) mass is 345 g/mol. The van der Waals surface area contributed by atoms with Gasteiger partial charge >= 0.3 is 0 Å². The first-order chi connectivity index (χ1) is 11.5. The van der Waals surface area contributed by atoms with Crippen LogP contribution in [-0.4, -0.2) is 32.3 Å². The molecule has 7 nitrogen and oxygen atoms in total. The molecule has 0 unspecified atom stereocenters. The zero-order chi connectivity index (χ0) is 17.5. The fourth-order valence-corrected chi connectivity index (χ4v) is 2.78. The Bertz CT molecular complexity index is 757. The molecule has 0 fully saturated rings. The summed E-state index contributed by atoms with van der Waals surface area (Å²) in [7, 11) is 0. The van der Waals surface area contributed by atoms with Crippen molar-refractivity contribution in [2.75, 3.05) is 11.1 Å². The first kappa shape index (κ1) is 17.7. The number of amides is 2. The zero-order valence-corrected chi connectivity index (χ0v) is 14.2. The van der Waals surface area contributed by atoms with E-state index in [1.165, 1.54) is 11.8 Å². The first-order valence-electron chi connectivity index (χ1n) is 7.30. The number of primary amides is 1. The van der Waals surface area contributed by atoms with Crippen molar-refractivity contribution in [1.29, 1.82) is 0 Å². The number of allylic oxidation sites excluding steroid dienone is 1. The SMILES string of the molecule is C=CCn1c(CC(=O)Nc2cccc(C)c2)nnc1SCC(N)=O. The maximum atomic E-state index is 12.2. The molecule has 0 saturated carbocycles. The summed E-state index contributed by atoms with van der Waals surface area (Å²) in [6.45, 7) is 6.09. The topological polar surface area (TPSA) is 103 Å². The number of carbonyl (C=O) groups is 2. The molecule has 0 aliphatic heterocycles. The molecule has 2 amide bonds. The number of nitrogens with two attached hydrogens (primary N) is 1. The van der Waals surface area contributed by atoms with Crippen LogP contribution in [0, 0.1) is 6.92 Å². The predicted molar refractivity (Wildman–Crippen MR) is 93.7 cm³/mol. The van der Waals surface area contributed by atoms with Crippen molar-refractivity contribution in [2.45, 2.75) is 25.0 Å². The van der Waals surface area contributed by atoms with E-state index in [1.54, 1.807) is 10.6 Å². The lowest BCUT2D eigenvalue weighted by Gasteiger charge is -2.08. The van der Waals surface area contributed by atoms with Crippen molar-refractivity contribution in [3.8, 4) is 0 Å². The fourth-order valence-electron chi connectivity index (χ4n) is 2.08. The van der Waals surface area contributed by atoms with E-state index >= 15 is 0 Å². The molecule has 2 rings (SSSR count). The van der Waals surface area contributed by atoms with Gasteiger partial charge in [-0.2, -0.15) is 0 Å². The summed E-state index contributed by atoms with van der Waals surface area (Å²) < 4.78 is 1.75. The van der Waals surface area contributed by atoms with Crippen LogP contribution in [0.15, 0.2) is 42.1 Å². The number of nitrogens with zero attached hydrogens (tertiary/aromatic N) is 3. The van der Waals surface area contributed by atoms with E-state index < -0.39 is 5.91 Å². The van der Waals surface area contributed by atoms with Crippen molar-refractivity contribution < 1.29 is 9.59 Å². The van der Waals surface area contributed by atoms with Crippen LogP contribution in [0.1, 0.15) is 11.4 Å². The Kier molecular flexibility index (Phi) is 6.14. The molecule has 8 heteroatoms. The van der Waals surface area contributed by atoms with Gasteiger partial charge in [-0.15, -0.1) is 16.8 Å². The average Bonchev–Trinajstić information content (AvgIpc) is 2.87. The molecule has 0 bridgehead atoms. The van der Waals surface area contributed by atoms with E-state index in [0.29, 0.717) is 17.5 Å². The predicted octanol–water partition coefficient (Wildman–Crippen LogP) is 1.53. The van der Waals surface area contributed by atoms with Gasteiger partial charge < -0.3 is 15.6 Å². The van der Waals surface area contributed by atoms with E-state index in [9.17, 15) is 9.59 Å². The first-order valence-corrected chi connectivity index (χ1v) is 8.28. The molecule has 0 saturated heterocycles. The Morgan fingerprint density at radius 1 is 1.42 bits per heavy atom. The minimum Gasteiger partial charge on any atom is -0.369 e. The van der Waals surface area contributed by atoms with Crippen molar-refractivity contribution in [2.24, 2.45) is 5.73 Å². The van der Waals surface area contributed by atoms with Crippen LogP contribution in [0.3, 0.4) is 0 Å². The molecule has 0 aliphatic rings. The highest BCUT2D eigenvalue weighted by atomic mass is 32.2. The molecule has 3 N–H and O–H groups in total. The van der Waals surface area contributed by atoms with E-state index in [2.05, 4.69) is 22.1 Å². The third-order valence-corrected chi connectivity index (χ3v) is 4.06. The number of anilines is 1. The third-order valence-electron chi connectivity index (χ3n) is 3.07. The molecule has 0 radical (unpaired) electrons. The summed E-state index contributed by atoms with van der Waals surface area (Å²) in [5, 5.41) is 11.4. The molecule has 0 spiro atoms. The summed E-state index contributed by atoms with van der Waals surface area (Å²) >= 11 is 1.18. The summed E-state index contributed by atoms with van der Waals surface area (Å²) in [5.74, 6) is -0.0196. The Morgan fingerprint density at radius 3 is 2.88 bits per heavy atom. The van der Waals surface area contributed by atoms with E-state index in [1.807, 2.05) is 31.2 Å². The molecular weight excluding hydrogens is 326 g/mol. The van der Waals surface area contributed by atoms with Crippen LogP contribution in [0.25, 0.3) is 0 Å². The van der Waals surface area contributed by atoms with Crippen LogP contribution in [0.5, 0.6) is 0 Å². The summed E-state index contributed by atoms with van der Waals surface area (Å²) in [6.07, 6.45) is 1.76. The van der Waals surface area contributed by atoms with Gasteiger partial charge in [0.05, 0.1) is 12.2 Å². The number of aryl methyl sites for hydroxylation is 1. The maximum Gasteiger partial charge on any atom is 0.232 e. The molecule has 1 aromatic heterocycles. The average molecular weight is 345 g/mol. The number of nitrogens with one attached hydrogen (secondary N) is 1. The number of hydrogen-bond acceptors (Lipinski definition) is 5. The number of benzene rings is 1. The van der Waals surface area contributed by atoms with Gasteiger partial charge in [-0.05, 0) is 24.6 Å². The number of carbonyl (C=O) groups excluding carboxylic acids is 2. The standard InChI is InChI=1S/C16H19N5O2S/c1-3-7-21-14(19-20-16(21)24-10-13(17)22)9-15(23)18-12-6-4-5-11(2)8-12/h3-6,8H,1,7,9-10H2,2H3,(H2,17,22)(H,18,23). The molecule has 0 aliphatic carbocycles. The molecule has 0 atom stereocenters. The summed E-state index contributed by atoms with van der Waals surface area (Å²) in [4.78, 5) is 23.1. The van der Waals surface area contributed by atoms with Gasteiger partial charge in [0.25, 0.3) is 0 Å². The second kappa shape index (κ2) is 8.30. The molecule has 126 valence electrons. The van der Waals surface area contributed by atoms with Crippen LogP contribution in [0.2, 0.25) is 0 Å². The van der Waals surface area contributed by atoms with Gasteiger partial charge in [-0.25, -0.2) is 0 Å². The fraction of sp³-hybridized carbons (Fsp3) is 0.250. The second-order valence-corrected chi connectivity index (χ2v) is 6.09. The number of hydrogen-bond donors (Lipinski definition) is 2. The molecule has 1 aromatic carbocycles. The van der Waals surface area contributed by atoms with Gasteiger partial charge in [0.2, 0.25) is 11.8 Å². The van der Waals surface area contributed by atoms with E-state index in [0.717, 1.165) is 11.3 Å². The van der Waals surface area contributed by atoms with Gasteiger partial charge in [-0.3, -0.25) is 9.59 Å². The maximum absolute atomic E-state index is 12.2. The minimum absolute atomic E-state index is 0.0753. The zero-order valence-electron chi connectivity index (χ0n) is 13.4. The van der Waals surface area contributed by atoms with E-state index in [-0.39, 0.29) is 18.1 Å². The number of aromatic nitrogens is 3. The minimum atomic E-state index is -0.438. The summed E-state index contributed by atoms with van der Waals surface area (Å²) in [5.41, 5.74) is 6.95. The molecular formula is C16H19N5O2S. The number of rotatable bonds is 8. The largest absolute Gasteiger partial charge is 0.369 e. The summed E-state index contributed by atoms with van der Waals surface area (Å²) in [6, 6.07) is 7.55. The normalized spacial score (nSPS) is 10.4. The van der Waals surface area contributed by atoms with Gasteiger partial charge in [0.15, 0.2) is 5.16 Å². The molecule has 24 heavy (non-hydrogen) atoms. The highest BCUT2D eigenvalue weighted by molar-refractivity contribution is 7.99. The van der Waals surface area contributed by atoms with Gasteiger partial charge in [0.1, 0.15) is 5.82 Å². The smallest absolute Gasteiger partial charge is 0.232 e. The highest BCUT2D eigenvalue weighted by Gasteiger charge is 2.15. The van der Waals surface area contributed by atoms with Crippen LogP contribution in [-0.2, 0) is 22.6 Å². The van der Waals surface area contributed by atoms with Gasteiger partial charge in [0, 0.05) is 12.2 Å². The molecule has 1 heterocycles. The lowest BCUT2D eigenvalue weighted by atomic mass is 10.2. The van der Waals surface area contributed by atoms with E-state index in [4.69, 9.17) is 5.73 Å². The Morgan fingerprint density at radius 2 is 2.21 bits per heavy atom. The van der Waals surface area contributed by atoms with Crippen molar-refractivity contribution in [1.82, 2.24) is 14.8 Å². The number of thioether (sulfide) groups is 1. The second-order valence-electron chi connectivity index (χ2n) is 5.15. The van der Waals surface area contributed by atoms with Crippen molar-refractivity contribution >= 4 is 29.3 Å².